The predicted octanol–water partition coefficient (Wildman–Crippen LogP) is 3.83. The highest BCUT2D eigenvalue weighted by Crippen LogP contribution is 2.14. The van der Waals surface area contributed by atoms with Crippen LogP contribution in [0.4, 0.5) is 0 Å². The first-order chi connectivity index (χ1) is 12.5. The topological polar surface area (TPSA) is 84.7 Å². The molecule has 0 aromatic carbocycles. The van der Waals surface area contributed by atoms with Gasteiger partial charge in [0.15, 0.2) is 0 Å². The molecule has 0 fully saturated rings. The summed E-state index contributed by atoms with van der Waals surface area (Å²) in [5.74, 6) is 0. The van der Waals surface area contributed by atoms with E-state index in [1.165, 1.54) is 0 Å². The summed E-state index contributed by atoms with van der Waals surface area (Å²) in [6, 6.07) is 10.8. The molecule has 26 heavy (non-hydrogen) atoms. The zero-order valence-corrected chi connectivity index (χ0v) is 18.0. The zero-order valence-electron chi connectivity index (χ0n) is 14.8. The normalized spacial score (nSPS) is 12.8. The molecule has 2 N–H and O–H groups in total. The minimum Gasteiger partial charge on any atom is -0.384 e. The second kappa shape index (κ2) is 13.3. The second-order valence-corrected chi connectivity index (χ2v) is 6.75. The third-order valence-corrected chi connectivity index (χ3v) is 4.00. The fourth-order valence-corrected chi connectivity index (χ4v) is 2.56. The Hall–Kier alpha value is -0.900. The molecule has 0 unspecified atom stereocenters. The Kier molecular flexibility index (Phi) is 11.8. The molecule has 2 atom stereocenters. The van der Waals surface area contributed by atoms with E-state index < -0.39 is 12.2 Å². The van der Waals surface area contributed by atoms with Gasteiger partial charge in [0.25, 0.3) is 0 Å². The number of pyridine rings is 2. The van der Waals surface area contributed by atoms with Crippen molar-refractivity contribution in [3.63, 3.8) is 0 Å². The highest BCUT2D eigenvalue weighted by molar-refractivity contribution is 9.10. The summed E-state index contributed by atoms with van der Waals surface area (Å²) in [5.41, 5.74) is 1.26. The third-order valence-electron chi connectivity index (χ3n) is 3.12. The average Bonchev–Trinajstić information content (AvgIpc) is 2.64. The molecule has 0 saturated heterocycles. The smallest absolute Gasteiger partial charge is 0.119 e. The predicted molar refractivity (Wildman–Crippen MR) is 107 cm³/mol. The van der Waals surface area contributed by atoms with Crippen LogP contribution in [0.5, 0.6) is 0 Å². The van der Waals surface area contributed by atoms with Crippen molar-refractivity contribution in [3.05, 3.63) is 57.0 Å². The molecule has 2 aromatic rings. The molecule has 0 bridgehead atoms. The van der Waals surface area contributed by atoms with E-state index in [1.807, 2.05) is 38.1 Å². The van der Waals surface area contributed by atoms with E-state index in [0.29, 0.717) is 37.8 Å². The molecule has 0 aliphatic heterocycles. The maximum Gasteiger partial charge on any atom is 0.119 e. The van der Waals surface area contributed by atoms with E-state index in [4.69, 9.17) is 9.47 Å². The van der Waals surface area contributed by atoms with Crippen molar-refractivity contribution in [2.24, 2.45) is 0 Å². The molecule has 0 aliphatic carbocycles. The Labute approximate surface area is 170 Å². The third kappa shape index (κ3) is 9.16. The van der Waals surface area contributed by atoms with Crippen LogP contribution in [0.25, 0.3) is 0 Å². The van der Waals surface area contributed by atoms with E-state index in [-0.39, 0.29) is 0 Å². The molecule has 2 heterocycles. The van der Waals surface area contributed by atoms with Crippen LogP contribution in [0.2, 0.25) is 0 Å². The van der Waals surface area contributed by atoms with Crippen LogP contribution in [0.15, 0.2) is 45.6 Å². The quantitative estimate of drug-likeness (QED) is 0.546. The summed E-state index contributed by atoms with van der Waals surface area (Å²) in [5, 5.41) is 19.1. The molecule has 0 radical (unpaired) electrons. The SMILES string of the molecule is CCOC[C@@H](O)c1cccc(Br)n1.CCOC[C@H](O)c1cccc(Br)n1. The zero-order chi connectivity index (χ0) is 19.4. The first-order valence-corrected chi connectivity index (χ1v) is 9.83. The highest BCUT2D eigenvalue weighted by atomic mass is 79.9. The van der Waals surface area contributed by atoms with Gasteiger partial charge in [-0.15, -0.1) is 0 Å². The second-order valence-electron chi connectivity index (χ2n) is 5.12. The van der Waals surface area contributed by atoms with Crippen LogP contribution < -0.4 is 0 Å². The van der Waals surface area contributed by atoms with Crippen molar-refractivity contribution in [1.29, 1.82) is 0 Å². The molecule has 2 aromatic heterocycles. The summed E-state index contributed by atoms with van der Waals surface area (Å²) in [7, 11) is 0. The largest absolute Gasteiger partial charge is 0.384 e. The lowest BCUT2D eigenvalue weighted by Crippen LogP contribution is -2.08. The van der Waals surface area contributed by atoms with Crippen LogP contribution in [-0.2, 0) is 9.47 Å². The first kappa shape index (κ1) is 23.1. The summed E-state index contributed by atoms with van der Waals surface area (Å²) in [4.78, 5) is 8.23. The Morgan fingerprint density at radius 2 is 1.19 bits per heavy atom. The lowest BCUT2D eigenvalue weighted by atomic mass is 10.2. The number of ether oxygens (including phenoxy) is 2. The summed E-state index contributed by atoms with van der Waals surface area (Å²) in [6.07, 6.45) is -1.28. The number of nitrogens with zero attached hydrogens (tertiary/aromatic N) is 2. The van der Waals surface area contributed by atoms with Crippen LogP contribution in [0.3, 0.4) is 0 Å². The summed E-state index contributed by atoms with van der Waals surface area (Å²) in [6.45, 7) is 5.57. The van der Waals surface area contributed by atoms with Crippen LogP contribution >= 0.6 is 31.9 Å². The number of aliphatic hydroxyl groups excluding tert-OH is 2. The minimum atomic E-state index is -0.641. The molecule has 0 amide bonds. The van der Waals surface area contributed by atoms with Gasteiger partial charge >= 0.3 is 0 Å². The fourth-order valence-electron chi connectivity index (χ4n) is 1.85. The van der Waals surface area contributed by atoms with Gasteiger partial charge < -0.3 is 19.7 Å². The van der Waals surface area contributed by atoms with E-state index in [9.17, 15) is 10.2 Å². The minimum absolute atomic E-state index is 0.292. The lowest BCUT2D eigenvalue weighted by Gasteiger charge is -2.09. The van der Waals surface area contributed by atoms with Crippen molar-refractivity contribution in [2.75, 3.05) is 26.4 Å². The number of aliphatic hydroxyl groups is 2. The van der Waals surface area contributed by atoms with Crippen molar-refractivity contribution in [3.8, 4) is 0 Å². The van der Waals surface area contributed by atoms with Crippen molar-refractivity contribution >= 4 is 31.9 Å². The van der Waals surface area contributed by atoms with Crippen LogP contribution in [-0.4, -0.2) is 46.6 Å². The fraction of sp³-hybridized carbons (Fsp3) is 0.444. The van der Waals surface area contributed by atoms with Crippen molar-refractivity contribution < 1.29 is 19.7 Å². The molecule has 0 spiro atoms. The maximum atomic E-state index is 9.57. The molecule has 8 heteroatoms. The molecule has 144 valence electrons. The average molecular weight is 492 g/mol. The van der Waals surface area contributed by atoms with Gasteiger partial charge in [-0.25, -0.2) is 9.97 Å². The van der Waals surface area contributed by atoms with Crippen molar-refractivity contribution in [1.82, 2.24) is 9.97 Å². The molecular weight excluding hydrogens is 468 g/mol. The Morgan fingerprint density at radius 3 is 1.50 bits per heavy atom. The highest BCUT2D eigenvalue weighted by Gasteiger charge is 2.09. The van der Waals surface area contributed by atoms with E-state index >= 15 is 0 Å². The number of halogens is 2. The van der Waals surface area contributed by atoms with Gasteiger partial charge in [-0.3, -0.25) is 0 Å². The molecule has 6 nitrogen and oxygen atoms in total. The Balaban J connectivity index is 0.000000260. The number of rotatable bonds is 8. The first-order valence-electron chi connectivity index (χ1n) is 8.24. The van der Waals surface area contributed by atoms with Gasteiger partial charge in [0, 0.05) is 13.2 Å². The van der Waals surface area contributed by atoms with Gasteiger partial charge in [-0.2, -0.15) is 0 Å². The monoisotopic (exact) mass is 490 g/mol. The van der Waals surface area contributed by atoms with E-state index in [2.05, 4.69) is 41.8 Å². The lowest BCUT2D eigenvalue weighted by molar-refractivity contribution is 0.0397. The van der Waals surface area contributed by atoms with Gasteiger partial charge in [0.1, 0.15) is 21.4 Å². The molecular formula is C18H24Br2N2O4. The summed E-state index contributed by atoms with van der Waals surface area (Å²) < 4.78 is 11.6. The Bertz CT molecular complexity index is 591. The molecule has 0 saturated carbocycles. The van der Waals surface area contributed by atoms with Gasteiger partial charge in [0.2, 0.25) is 0 Å². The van der Waals surface area contributed by atoms with Crippen LogP contribution in [0.1, 0.15) is 37.4 Å². The van der Waals surface area contributed by atoms with Gasteiger partial charge in [-0.1, -0.05) is 12.1 Å². The van der Waals surface area contributed by atoms with Crippen molar-refractivity contribution in [2.45, 2.75) is 26.1 Å². The standard InChI is InChI=1S/2C9H12BrNO2/c2*1-2-13-6-8(12)7-4-3-5-9(10)11-7/h2*3-5,8,12H,2,6H2,1H3/t2*8-/m10/s1. The van der Waals surface area contributed by atoms with Gasteiger partial charge in [-0.05, 0) is 70.0 Å². The maximum absolute atomic E-state index is 9.57. The number of hydrogen-bond donors (Lipinski definition) is 2. The van der Waals surface area contributed by atoms with E-state index in [0.717, 1.165) is 9.21 Å². The van der Waals surface area contributed by atoms with Crippen LogP contribution in [0, 0.1) is 0 Å². The Morgan fingerprint density at radius 1 is 0.808 bits per heavy atom. The summed E-state index contributed by atoms with van der Waals surface area (Å²) >= 11 is 6.47. The number of hydrogen-bond acceptors (Lipinski definition) is 6. The number of aromatic nitrogens is 2. The van der Waals surface area contributed by atoms with E-state index in [1.54, 1.807) is 12.1 Å². The van der Waals surface area contributed by atoms with Gasteiger partial charge in [0.05, 0.1) is 24.6 Å². The molecule has 0 aliphatic rings. The molecule has 2 rings (SSSR count).